The summed E-state index contributed by atoms with van der Waals surface area (Å²) >= 11 is 0. The van der Waals surface area contributed by atoms with Gasteiger partial charge in [0.1, 0.15) is 5.82 Å². The van der Waals surface area contributed by atoms with Crippen LogP contribution in [-0.4, -0.2) is 33.3 Å². The van der Waals surface area contributed by atoms with E-state index in [1.165, 1.54) is 50.0 Å². The molecule has 4 rings (SSSR count). The molecule has 122 valence electrons. The average Bonchev–Trinajstić information content (AvgIpc) is 3.30. The average molecular weight is 310 g/mol. The molecule has 2 fully saturated rings. The fourth-order valence-electron chi connectivity index (χ4n) is 3.96. The zero-order valence-corrected chi connectivity index (χ0v) is 14.2. The minimum absolute atomic E-state index is 0.0731. The predicted octanol–water partition coefficient (Wildman–Crippen LogP) is 3.53. The highest BCUT2D eigenvalue weighted by Gasteiger charge is 2.50. The van der Waals surface area contributed by atoms with Crippen LogP contribution in [0.2, 0.25) is 0 Å². The largest absolute Gasteiger partial charge is 0.297 e. The third-order valence-corrected chi connectivity index (χ3v) is 5.57. The van der Waals surface area contributed by atoms with Gasteiger partial charge in [-0.3, -0.25) is 4.90 Å². The maximum atomic E-state index is 5.08. The van der Waals surface area contributed by atoms with Crippen molar-refractivity contribution in [3.8, 4) is 0 Å². The van der Waals surface area contributed by atoms with E-state index in [0.29, 0.717) is 6.04 Å². The van der Waals surface area contributed by atoms with Crippen molar-refractivity contribution < 1.29 is 0 Å². The Morgan fingerprint density at radius 2 is 1.96 bits per heavy atom. The smallest absolute Gasteiger partial charge is 0.161 e. The first kappa shape index (κ1) is 14.9. The lowest BCUT2D eigenvalue weighted by atomic mass is 9.95. The third-order valence-electron chi connectivity index (χ3n) is 5.57. The zero-order valence-electron chi connectivity index (χ0n) is 14.2. The van der Waals surface area contributed by atoms with E-state index >= 15 is 0 Å². The molecule has 1 aromatic carbocycles. The fraction of sp³-hybridized carbons (Fsp3) is 0.579. The molecular formula is C19H26N4. The number of hydrogen-bond acceptors (Lipinski definition) is 3. The van der Waals surface area contributed by atoms with Gasteiger partial charge in [0.15, 0.2) is 5.82 Å². The van der Waals surface area contributed by atoms with Gasteiger partial charge in [0.05, 0.1) is 11.5 Å². The molecule has 2 aromatic rings. The van der Waals surface area contributed by atoms with E-state index in [1.807, 2.05) is 0 Å². The summed E-state index contributed by atoms with van der Waals surface area (Å²) in [6, 6.07) is 11.2. The highest BCUT2D eigenvalue weighted by molar-refractivity contribution is 5.39. The van der Waals surface area contributed by atoms with Crippen LogP contribution in [0.5, 0.6) is 0 Å². The van der Waals surface area contributed by atoms with Crippen LogP contribution in [0.1, 0.15) is 62.3 Å². The minimum Gasteiger partial charge on any atom is -0.297 e. The second kappa shape index (κ2) is 5.75. The predicted molar refractivity (Wildman–Crippen MR) is 91.4 cm³/mol. The molecular weight excluding hydrogens is 284 g/mol. The molecule has 0 unspecified atom stereocenters. The van der Waals surface area contributed by atoms with E-state index in [4.69, 9.17) is 10.1 Å². The maximum Gasteiger partial charge on any atom is 0.161 e. The van der Waals surface area contributed by atoms with Crippen molar-refractivity contribution >= 4 is 0 Å². The second-order valence-corrected chi connectivity index (χ2v) is 7.05. The summed E-state index contributed by atoms with van der Waals surface area (Å²) in [4.78, 5) is 7.53. The van der Waals surface area contributed by atoms with Gasteiger partial charge in [0.2, 0.25) is 0 Å². The quantitative estimate of drug-likeness (QED) is 0.866. The number of likely N-dealkylation sites (tertiary alicyclic amines) is 1. The first-order valence-corrected chi connectivity index (χ1v) is 8.95. The molecule has 1 saturated carbocycles. The molecule has 0 radical (unpaired) electrons. The van der Waals surface area contributed by atoms with Crippen LogP contribution in [0, 0.1) is 0 Å². The molecule has 2 heterocycles. The molecule has 1 aliphatic heterocycles. The van der Waals surface area contributed by atoms with E-state index in [-0.39, 0.29) is 5.41 Å². The lowest BCUT2D eigenvalue weighted by Gasteiger charge is -2.31. The lowest BCUT2D eigenvalue weighted by Crippen LogP contribution is -2.31. The van der Waals surface area contributed by atoms with E-state index < -0.39 is 0 Å². The maximum absolute atomic E-state index is 5.08. The van der Waals surface area contributed by atoms with Gasteiger partial charge in [0.25, 0.3) is 0 Å². The number of rotatable bonds is 4. The molecule has 0 bridgehead atoms. The lowest BCUT2D eigenvalue weighted by molar-refractivity contribution is 0.174. The molecule has 1 saturated heterocycles. The van der Waals surface area contributed by atoms with E-state index in [2.05, 4.69) is 53.9 Å². The van der Waals surface area contributed by atoms with E-state index in [0.717, 1.165) is 12.4 Å². The van der Waals surface area contributed by atoms with Crippen molar-refractivity contribution in [1.82, 2.24) is 19.7 Å². The summed E-state index contributed by atoms with van der Waals surface area (Å²) in [6.45, 7) is 4.24. The standard InChI is InChI=1S/C19H26N4/c1-3-23-17(16-11-7-8-14-22(16)2)20-18(21-23)19(12-13-19)15-9-5-4-6-10-15/h4-6,9-10,16H,3,7-8,11-14H2,1-2H3/t16-/m0/s1. The van der Waals surface area contributed by atoms with Crippen LogP contribution in [-0.2, 0) is 12.0 Å². The number of piperidine rings is 1. The van der Waals surface area contributed by atoms with Crippen molar-refractivity contribution in [2.75, 3.05) is 13.6 Å². The van der Waals surface area contributed by atoms with Gasteiger partial charge in [-0.2, -0.15) is 5.10 Å². The first-order chi connectivity index (χ1) is 11.2. The summed E-state index contributed by atoms with van der Waals surface area (Å²) in [5.41, 5.74) is 1.45. The normalized spacial score (nSPS) is 23.8. The van der Waals surface area contributed by atoms with Gasteiger partial charge in [-0.1, -0.05) is 36.8 Å². The summed E-state index contributed by atoms with van der Waals surface area (Å²) in [7, 11) is 2.22. The molecule has 1 aliphatic carbocycles. The third kappa shape index (κ3) is 2.49. The van der Waals surface area contributed by atoms with Crippen LogP contribution in [0.3, 0.4) is 0 Å². The summed E-state index contributed by atoms with van der Waals surface area (Å²) in [5, 5.41) is 4.93. The van der Waals surface area contributed by atoms with E-state index in [1.54, 1.807) is 0 Å². The van der Waals surface area contributed by atoms with Crippen LogP contribution in [0.4, 0.5) is 0 Å². The summed E-state index contributed by atoms with van der Waals surface area (Å²) < 4.78 is 2.14. The molecule has 0 amide bonds. The van der Waals surface area contributed by atoms with Gasteiger partial charge in [-0.05, 0) is 51.8 Å². The number of hydrogen-bond donors (Lipinski definition) is 0. The monoisotopic (exact) mass is 310 g/mol. The van der Waals surface area contributed by atoms with Crippen LogP contribution in [0.15, 0.2) is 30.3 Å². The van der Waals surface area contributed by atoms with Crippen molar-refractivity contribution in [2.24, 2.45) is 0 Å². The van der Waals surface area contributed by atoms with Crippen molar-refractivity contribution in [3.05, 3.63) is 47.5 Å². The molecule has 4 heteroatoms. The first-order valence-electron chi connectivity index (χ1n) is 8.95. The number of benzene rings is 1. The van der Waals surface area contributed by atoms with Crippen LogP contribution in [0.25, 0.3) is 0 Å². The summed E-state index contributed by atoms with van der Waals surface area (Å²) in [6.07, 6.45) is 6.14. The van der Waals surface area contributed by atoms with Gasteiger partial charge in [-0.15, -0.1) is 0 Å². The van der Waals surface area contributed by atoms with Crippen LogP contribution < -0.4 is 0 Å². The van der Waals surface area contributed by atoms with E-state index in [9.17, 15) is 0 Å². The fourth-order valence-corrected chi connectivity index (χ4v) is 3.96. The topological polar surface area (TPSA) is 34.0 Å². The Labute approximate surface area is 138 Å². The van der Waals surface area contributed by atoms with Crippen molar-refractivity contribution in [3.63, 3.8) is 0 Å². The van der Waals surface area contributed by atoms with Gasteiger partial charge in [-0.25, -0.2) is 9.67 Å². The van der Waals surface area contributed by atoms with Crippen molar-refractivity contribution in [1.29, 1.82) is 0 Å². The molecule has 1 aromatic heterocycles. The second-order valence-electron chi connectivity index (χ2n) is 7.05. The number of nitrogens with zero attached hydrogens (tertiary/aromatic N) is 4. The minimum atomic E-state index is 0.0731. The highest BCUT2D eigenvalue weighted by Crippen LogP contribution is 2.52. The Morgan fingerprint density at radius 1 is 1.17 bits per heavy atom. The molecule has 2 aliphatic rings. The number of aryl methyl sites for hydroxylation is 1. The Bertz CT molecular complexity index is 672. The molecule has 1 atom stereocenters. The zero-order chi connectivity index (χ0) is 15.9. The van der Waals surface area contributed by atoms with Crippen LogP contribution >= 0.6 is 0 Å². The highest BCUT2D eigenvalue weighted by atomic mass is 15.4. The molecule has 4 nitrogen and oxygen atoms in total. The van der Waals surface area contributed by atoms with Crippen molar-refractivity contribution in [2.45, 2.75) is 57.0 Å². The number of aromatic nitrogens is 3. The molecule has 0 spiro atoms. The molecule has 0 N–H and O–H groups in total. The SMILES string of the molecule is CCn1nc(C2(c3ccccc3)CC2)nc1[C@@H]1CCCCN1C. The van der Waals surface area contributed by atoms with Gasteiger partial charge >= 0.3 is 0 Å². The van der Waals surface area contributed by atoms with Gasteiger partial charge in [0, 0.05) is 6.54 Å². The molecule has 23 heavy (non-hydrogen) atoms. The Balaban J connectivity index is 1.71. The van der Waals surface area contributed by atoms with Gasteiger partial charge < -0.3 is 0 Å². The summed E-state index contributed by atoms with van der Waals surface area (Å²) in [5.74, 6) is 2.21. The Hall–Kier alpha value is -1.68. The Morgan fingerprint density at radius 3 is 2.61 bits per heavy atom. The Kier molecular flexibility index (Phi) is 3.72.